The average Bonchev–Trinajstić information content (AvgIpc) is 2.78. The highest BCUT2D eigenvalue weighted by Gasteiger charge is 2.31. The third kappa shape index (κ3) is 3.21. The van der Waals surface area contributed by atoms with Gasteiger partial charge in [0.25, 0.3) is 0 Å². The quantitative estimate of drug-likeness (QED) is 0.510. The van der Waals surface area contributed by atoms with Crippen molar-refractivity contribution in [3.05, 3.63) is 34.6 Å². The van der Waals surface area contributed by atoms with Gasteiger partial charge in [0.1, 0.15) is 0 Å². The van der Waals surface area contributed by atoms with E-state index >= 15 is 0 Å². The fourth-order valence-corrected chi connectivity index (χ4v) is 3.83. The van der Waals surface area contributed by atoms with E-state index in [0.717, 1.165) is 0 Å². The van der Waals surface area contributed by atoms with E-state index in [9.17, 15) is 35.2 Å². The highest BCUT2D eigenvalue weighted by atomic mass is 32.2. The normalized spacial score (nSPS) is 20.1. The maximum Gasteiger partial charge on any atom is 0.224 e. The summed E-state index contributed by atoms with van der Waals surface area (Å²) in [5.74, 6) is -12.2. The molecule has 4 nitrogen and oxygen atoms in total. The van der Waals surface area contributed by atoms with Crippen molar-refractivity contribution in [2.45, 2.75) is 18.9 Å². The average molecular weight is 343 g/mol. The van der Waals surface area contributed by atoms with E-state index in [-0.39, 0.29) is 17.9 Å². The number of halogens is 5. The smallest absolute Gasteiger partial charge is 0.224 e. The fraction of sp³-hybridized carbons (Fsp3) is 0.417. The minimum atomic E-state index is -3.28. The molecule has 10 heteroatoms. The second-order valence-corrected chi connectivity index (χ2v) is 7.12. The molecule has 0 saturated carbocycles. The van der Waals surface area contributed by atoms with Crippen LogP contribution in [0.1, 0.15) is 12.0 Å². The van der Waals surface area contributed by atoms with Crippen LogP contribution >= 0.6 is 0 Å². The minimum Gasteiger partial charge on any atom is -0.352 e. The van der Waals surface area contributed by atoms with Crippen LogP contribution in [0.15, 0.2) is 0 Å². The van der Waals surface area contributed by atoms with Gasteiger partial charge in [-0.05, 0) is 6.42 Å². The van der Waals surface area contributed by atoms with Crippen molar-refractivity contribution >= 4 is 15.7 Å². The van der Waals surface area contributed by atoms with Crippen molar-refractivity contribution in [2.75, 3.05) is 11.5 Å². The van der Waals surface area contributed by atoms with Crippen LogP contribution in [0.4, 0.5) is 22.0 Å². The van der Waals surface area contributed by atoms with Gasteiger partial charge in [0.2, 0.25) is 11.7 Å². The lowest BCUT2D eigenvalue weighted by Gasteiger charge is -2.12. The van der Waals surface area contributed by atoms with Crippen molar-refractivity contribution in [3.63, 3.8) is 0 Å². The van der Waals surface area contributed by atoms with E-state index in [2.05, 4.69) is 5.32 Å². The predicted octanol–water partition coefficient (Wildman–Crippen LogP) is 1.23. The van der Waals surface area contributed by atoms with Gasteiger partial charge in [-0.3, -0.25) is 4.79 Å². The molecular weight excluding hydrogens is 333 g/mol. The first-order valence-corrected chi connectivity index (χ1v) is 7.94. The molecule has 1 saturated heterocycles. The van der Waals surface area contributed by atoms with Crippen molar-refractivity contribution in [1.82, 2.24) is 5.32 Å². The maximum atomic E-state index is 13.4. The number of amides is 1. The molecule has 0 unspecified atom stereocenters. The van der Waals surface area contributed by atoms with Crippen LogP contribution in [0.25, 0.3) is 0 Å². The van der Waals surface area contributed by atoms with E-state index in [0.29, 0.717) is 0 Å². The Morgan fingerprint density at radius 1 is 1.00 bits per heavy atom. The molecule has 1 atom stereocenters. The molecule has 0 aromatic heterocycles. The van der Waals surface area contributed by atoms with Crippen LogP contribution in [0.2, 0.25) is 0 Å². The first-order chi connectivity index (χ1) is 10.1. The van der Waals surface area contributed by atoms with Gasteiger partial charge in [-0.2, -0.15) is 0 Å². The number of carbonyl (C=O) groups excluding carboxylic acids is 1. The first-order valence-electron chi connectivity index (χ1n) is 6.12. The lowest BCUT2D eigenvalue weighted by Crippen LogP contribution is -2.37. The summed E-state index contributed by atoms with van der Waals surface area (Å²) >= 11 is 0. The van der Waals surface area contributed by atoms with Crippen molar-refractivity contribution in [2.24, 2.45) is 0 Å². The second-order valence-electron chi connectivity index (χ2n) is 4.89. The number of rotatable bonds is 3. The molecule has 22 heavy (non-hydrogen) atoms. The van der Waals surface area contributed by atoms with Crippen LogP contribution in [0.3, 0.4) is 0 Å². The van der Waals surface area contributed by atoms with Crippen LogP contribution in [-0.2, 0) is 21.1 Å². The molecular formula is C12H10F5NO3S. The topological polar surface area (TPSA) is 63.2 Å². The maximum absolute atomic E-state index is 13.4. The summed E-state index contributed by atoms with van der Waals surface area (Å²) in [4.78, 5) is 11.6. The van der Waals surface area contributed by atoms with Gasteiger partial charge >= 0.3 is 0 Å². The molecule has 1 amide bonds. The van der Waals surface area contributed by atoms with Gasteiger partial charge in [0.15, 0.2) is 33.1 Å². The molecule has 0 aliphatic carbocycles. The zero-order chi connectivity index (χ0) is 16.7. The Bertz CT molecular complexity index is 706. The highest BCUT2D eigenvalue weighted by Crippen LogP contribution is 2.23. The van der Waals surface area contributed by atoms with Gasteiger partial charge in [0, 0.05) is 11.6 Å². The Balaban J connectivity index is 2.16. The molecule has 1 aromatic carbocycles. The van der Waals surface area contributed by atoms with E-state index in [4.69, 9.17) is 0 Å². The van der Waals surface area contributed by atoms with Crippen LogP contribution in [0.5, 0.6) is 0 Å². The molecule has 1 fully saturated rings. The molecule has 1 aliphatic heterocycles. The molecule has 1 N–H and O–H groups in total. The number of nitrogens with one attached hydrogen (secondary N) is 1. The number of sulfone groups is 1. The summed E-state index contributed by atoms with van der Waals surface area (Å²) < 4.78 is 88.0. The summed E-state index contributed by atoms with van der Waals surface area (Å²) in [6, 6.07) is -0.737. The second kappa shape index (κ2) is 5.82. The van der Waals surface area contributed by atoms with Crippen molar-refractivity contribution in [3.8, 4) is 0 Å². The number of hydrogen-bond acceptors (Lipinski definition) is 3. The number of carbonyl (C=O) groups is 1. The Morgan fingerprint density at radius 2 is 1.50 bits per heavy atom. The Morgan fingerprint density at radius 3 is 1.95 bits per heavy atom. The monoisotopic (exact) mass is 343 g/mol. The molecule has 1 aromatic rings. The molecule has 0 spiro atoms. The van der Waals surface area contributed by atoms with Crippen LogP contribution in [0, 0.1) is 29.1 Å². The highest BCUT2D eigenvalue weighted by molar-refractivity contribution is 7.91. The zero-order valence-corrected chi connectivity index (χ0v) is 11.7. The molecule has 1 heterocycles. The van der Waals surface area contributed by atoms with Gasteiger partial charge in [-0.1, -0.05) is 0 Å². The third-order valence-corrected chi connectivity index (χ3v) is 5.00. The van der Waals surface area contributed by atoms with Crippen molar-refractivity contribution < 1.29 is 35.2 Å². The summed E-state index contributed by atoms with van der Waals surface area (Å²) in [5, 5.41) is 2.20. The zero-order valence-electron chi connectivity index (χ0n) is 10.9. The third-order valence-electron chi connectivity index (χ3n) is 3.24. The lowest BCUT2D eigenvalue weighted by atomic mass is 10.1. The Labute approximate surface area is 122 Å². The lowest BCUT2D eigenvalue weighted by molar-refractivity contribution is -0.121. The van der Waals surface area contributed by atoms with E-state index in [1.165, 1.54) is 0 Å². The largest absolute Gasteiger partial charge is 0.352 e. The summed E-state index contributed by atoms with van der Waals surface area (Å²) in [7, 11) is -3.28. The Hall–Kier alpha value is -1.71. The van der Waals surface area contributed by atoms with Gasteiger partial charge in [0.05, 0.1) is 17.9 Å². The van der Waals surface area contributed by atoms with E-state index in [1.807, 2.05) is 0 Å². The SMILES string of the molecule is O=C(Cc1c(F)c(F)c(F)c(F)c1F)N[C@H]1CCS(=O)(=O)C1. The van der Waals surface area contributed by atoms with Gasteiger partial charge in [-0.25, -0.2) is 30.4 Å². The van der Waals surface area contributed by atoms with Crippen molar-refractivity contribution in [1.29, 1.82) is 0 Å². The van der Waals surface area contributed by atoms with Crippen LogP contribution < -0.4 is 5.32 Å². The van der Waals surface area contributed by atoms with Gasteiger partial charge in [-0.15, -0.1) is 0 Å². The summed E-state index contributed by atoms with van der Waals surface area (Å²) in [5.41, 5.74) is -1.25. The minimum absolute atomic E-state index is 0.130. The predicted molar refractivity (Wildman–Crippen MR) is 65.1 cm³/mol. The number of benzene rings is 1. The first kappa shape index (κ1) is 16.7. The summed E-state index contributed by atoms with van der Waals surface area (Å²) in [6.45, 7) is 0. The summed E-state index contributed by atoms with van der Waals surface area (Å²) in [6.07, 6.45) is -0.951. The molecule has 2 rings (SSSR count). The van der Waals surface area contributed by atoms with E-state index in [1.54, 1.807) is 0 Å². The van der Waals surface area contributed by atoms with Gasteiger partial charge < -0.3 is 5.32 Å². The number of hydrogen-bond donors (Lipinski definition) is 1. The molecule has 0 radical (unpaired) electrons. The fourth-order valence-electron chi connectivity index (χ4n) is 2.15. The Kier molecular flexibility index (Phi) is 4.41. The van der Waals surface area contributed by atoms with Crippen LogP contribution in [-0.4, -0.2) is 31.9 Å². The molecule has 122 valence electrons. The standard InChI is InChI=1S/C12H10F5NO3S/c13-8-6(9(14)11(16)12(17)10(8)15)3-7(19)18-5-1-2-22(20,21)4-5/h5H,1-4H2,(H,18,19)/t5-/m0/s1. The molecule has 1 aliphatic rings. The molecule has 0 bridgehead atoms. The van der Waals surface area contributed by atoms with E-state index < -0.39 is 62.9 Å².